The first kappa shape index (κ1) is 16.7. The van der Waals surface area contributed by atoms with Gasteiger partial charge in [0.05, 0.1) is 0 Å². The predicted octanol–water partition coefficient (Wildman–Crippen LogP) is 3.42. The Morgan fingerprint density at radius 2 is 1.85 bits per heavy atom. The van der Waals surface area contributed by atoms with Gasteiger partial charge in [-0.1, -0.05) is 30.9 Å². The third-order valence-electron chi connectivity index (χ3n) is 3.66. The van der Waals surface area contributed by atoms with Crippen LogP contribution in [0.1, 0.15) is 70.6 Å². The van der Waals surface area contributed by atoms with Crippen LogP contribution >= 0.6 is 0 Å². The number of hydrogen-bond acceptors (Lipinski definition) is 2. The summed E-state index contributed by atoms with van der Waals surface area (Å²) in [6.45, 7) is 0.741. The van der Waals surface area contributed by atoms with Gasteiger partial charge in [0.25, 0.3) is 0 Å². The lowest BCUT2D eigenvalue weighted by atomic mass is 9.97. The number of rotatable bonds is 10. The quantitative estimate of drug-likeness (QED) is 0.476. The van der Waals surface area contributed by atoms with Gasteiger partial charge in [0, 0.05) is 19.4 Å². The minimum absolute atomic E-state index is 0.143. The van der Waals surface area contributed by atoms with E-state index in [0.717, 1.165) is 51.5 Å². The lowest BCUT2D eigenvalue weighted by molar-refractivity contribution is -0.137. The van der Waals surface area contributed by atoms with Crippen molar-refractivity contribution in [2.24, 2.45) is 0 Å². The summed E-state index contributed by atoms with van der Waals surface area (Å²) < 4.78 is 0. The minimum atomic E-state index is -0.714. The number of carbonyl (C=O) groups excluding carboxylic acids is 1. The highest BCUT2D eigenvalue weighted by molar-refractivity contribution is 5.78. The van der Waals surface area contributed by atoms with Crippen LogP contribution < -0.4 is 5.32 Å². The Morgan fingerprint density at radius 1 is 1.10 bits per heavy atom. The standard InChI is InChI=1S/C16H27NO3/c18-15(13-14-9-5-4-6-10-14)17-12-8-3-1-2-7-11-16(19)20/h9H,1-8,10-13H2,(H,17,18)(H,19,20). The van der Waals surface area contributed by atoms with Gasteiger partial charge in [0.15, 0.2) is 0 Å². The highest BCUT2D eigenvalue weighted by Gasteiger charge is 2.08. The first-order valence-corrected chi connectivity index (χ1v) is 7.85. The Morgan fingerprint density at radius 3 is 2.55 bits per heavy atom. The lowest BCUT2D eigenvalue weighted by Gasteiger charge is -2.12. The summed E-state index contributed by atoms with van der Waals surface area (Å²) in [6.07, 6.45) is 12.5. The molecule has 0 aliphatic heterocycles. The molecule has 0 spiro atoms. The second kappa shape index (κ2) is 10.5. The monoisotopic (exact) mass is 281 g/mol. The molecule has 0 fully saturated rings. The molecule has 2 N–H and O–H groups in total. The molecule has 114 valence electrons. The van der Waals surface area contributed by atoms with Crippen molar-refractivity contribution in [3.8, 4) is 0 Å². The number of amides is 1. The van der Waals surface area contributed by atoms with Crippen LogP contribution in [0.4, 0.5) is 0 Å². The zero-order chi connectivity index (χ0) is 14.6. The highest BCUT2D eigenvalue weighted by atomic mass is 16.4. The fourth-order valence-corrected chi connectivity index (χ4v) is 2.49. The van der Waals surface area contributed by atoms with Crippen molar-refractivity contribution in [1.82, 2.24) is 5.32 Å². The maximum Gasteiger partial charge on any atom is 0.303 e. The summed E-state index contributed by atoms with van der Waals surface area (Å²) in [4.78, 5) is 22.0. The van der Waals surface area contributed by atoms with E-state index in [2.05, 4.69) is 11.4 Å². The van der Waals surface area contributed by atoms with Gasteiger partial charge in [0.1, 0.15) is 0 Å². The van der Waals surface area contributed by atoms with Gasteiger partial charge in [-0.25, -0.2) is 0 Å². The van der Waals surface area contributed by atoms with E-state index >= 15 is 0 Å². The van der Waals surface area contributed by atoms with E-state index in [1.807, 2.05) is 0 Å². The Hall–Kier alpha value is -1.32. The molecule has 4 nitrogen and oxygen atoms in total. The largest absolute Gasteiger partial charge is 0.481 e. The van der Waals surface area contributed by atoms with Crippen molar-refractivity contribution >= 4 is 11.9 Å². The van der Waals surface area contributed by atoms with Crippen LogP contribution in [0, 0.1) is 0 Å². The zero-order valence-corrected chi connectivity index (χ0v) is 12.3. The molecule has 1 aliphatic rings. The fraction of sp³-hybridized carbons (Fsp3) is 0.750. The second-order valence-corrected chi connectivity index (χ2v) is 5.55. The SMILES string of the molecule is O=C(O)CCCCCCCNC(=O)CC1=CCCCC1. The van der Waals surface area contributed by atoms with Crippen molar-refractivity contribution in [3.05, 3.63) is 11.6 Å². The van der Waals surface area contributed by atoms with E-state index in [1.54, 1.807) is 0 Å². The van der Waals surface area contributed by atoms with Crippen LogP contribution in [0.2, 0.25) is 0 Å². The summed E-state index contributed by atoms with van der Waals surface area (Å²) in [7, 11) is 0. The zero-order valence-electron chi connectivity index (χ0n) is 12.3. The van der Waals surface area contributed by atoms with Crippen molar-refractivity contribution in [2.75, 3.05) is 6.54 Å². The Balaban J connectivity index is 1.91. The smallest absolute Gasteiger partial charge is 0.303 e. The lowest BCUT2D eigenvalue weighted by Crippen LogP contribution is -2.24. The van der Waals surface area contributed by atoms with Crippen molar-refractivity contribution in [2.45, 2.75) is 70.6 Å². The molecule has 1 rings (SSSR count). The first-order chi connectivity index (χ1) is 9.68. The van der Waals surface area contributed by atoms with E-state index in [-0.39, 0.29) is 12.3 Å². The molecule has 0 heterocycles. The fourth-order valence-electron chi connectivity index (χ4n) is 2.49. The third kappa shape index (κ3) is 8.73. The average Bonchev–Trinajstić information content (AvgIpc) is 2.42. The Labute approximate surface area is 121 Å². The molecule has 1 aliphatic carbocycles. The first-order valence-electron chi connectivity index (χ1n) is 7.85. The molecule has 0 unspecified atom stereocenters. The van der Waals surface area contributed by atoms with Crippen LogP contribution in [0.25, 0.3) is 0 Å². The normalized spacial score (nSPS) is 14.7. The van der Waals surface area contributed by atoms with Gasteiger partial charge in [-0.3, -0.25) is 9.59 Å². The third-order valence-corrected chi connectivity index (χ3v) is 3.66. The number of allylic oxidation sites excluding steroid dienone is 1. The number of carboxylic acid groups (broad SMARTS) is 1. The Kier molecular flexibility index (Phi) is 8.76. The van der Waals surface area contributed by atoms with Gasteiger partial charge < -0.3 is 10.4 Å². The van der Waals surface area contributed by atoms with E-state index < -0.39 is 5.97 Å². The number of nitrogens with one attached hydrogen (secondary N) is 1. The van der Waals surface area contributed by atoms with Crippen LogP contribution in [0.5, 0.6) is 0 Å². The maximum atomic E-state index is 11.7. The molecule has 0 bridgehead atoms. The second-order valence-electron chi connectivity index (χ2n) is 5.55. The molecule has 0 atom stereocenters. The molecule has 0 radical (unpaired) electrons. The Bertz CT molecular complexity index is 337. The summed E-state index contributed by atoms with van der Waals surface area (Å²) in [5, 5.41) is 11.5. The molecule has 0 saturated carbocycles. The average molecular weight is 281 g/mol. The summed E-state index contributed by atoms with van der Waals surface area (Å²) >= 11 is 0. The van der Waals surface area contributed by atoms with Crippen LogP contribution in [-0.4, -0.2) is 23.5 Å². The van der Waals surface area contributed by atoms with E-state index in [0.29, 0.717) is 6.42 Å². The van der Waals surface area contributed by atoms with Gasteiger partial charge in [0.2, 0.25) is 5.91 Å². The maximum absolute atomic E-state index is 11.7. The van der Waals surface area contributed by atoms with E-state index in [1.165, 1.54) is 18.4 Å². The molecule has 1 amide bonds. The minimum Gasteiger partial charge on any atom is -0.481 e. The number of hydrogen-bond donors (Lipinski definition) is 2. The van der Waals surface area contributed by atoms with E-state index in [9.17, 15) is 9.59 Å². The summed E-state index contributed by atoms with van der Waals surface area (Å²) in [5.74, 6) is -0.571. The van der Waals surface area contributed by atoms with Gasteiger partial charge in [-0.2, -0.15) is 0 Å². The molecule has 4 heteroatoms. The van der Waals surface area contributed by atoms with Crippen molar-refractivity contribution in [1.29, 1.82) is 0 Å². The molecule has 0 saturated heterocycles. The number of carboxylic acids is 1. The molecular weight excluding hydrogens is 254 g/mol. The van der Waals surface area contributed by atoms with Crippen molar-refractivity contribution < 1.29 is 14.7 Å². The van der Waals surface area contributed by atoms with Gasteiger partial charge in [-0.05, 0) is 38.5 Å². The van der Waals surface area contributed by atoms with Gasteiger partial charge >= 0.3 is 5.97 Å². The molecule has 0 aromatic rings. The topological polar surface area (TPSA) is 66.4 Å². The molecular formula is C16H27NO3. The number of aliphatic carboxylic acids is 1. The molecule has 20 heavy (non-hydrogen) atoms. The van der Waals surface area contributed by atoms with Crippen LogP contribution in [0.15, 0.2) is 11.6 Å². The number of unbranched alkanes of at least 4 members (excludes halogenated alkanes) is 4. The van der Waals surface area contributed by atoms with E-state index in [4.69, 9.17) is 5.11 Å². The highest BCUT2D eigenvalue weighted by Crippen LogP contribution is 2.19. The van der Waals surface area contributed by atoms with Crippen molar-refractivity contribution in [3.63, 3.8) is 0 Å². The van der Waals surface area contributed by atoms with Crippen LogP contribution in [0.3, 0.4) is 0 Å². The summed E-state index contributed by atoms with van der Waals surface area (Å²) in [5.41, 5.74) is 1.29. The predicted molar refractivity (Wildman–Crippen MR) is 79.5 cm³/mol. The molecule has 0 aromatic carbocycles. The van der Waals surface area contributed by atoms with Gasteiger partial charge in [-0.15, -0.1) is 0 Å². The number of carbonyl (C=O) groups is 2. The molecule has 0 aromatic heterocycles. The summed E-state index contributed by atoms with van der Waals surface area (Å²) in [6, 6.07) is 0. The van der Waals surface area contributed by atoms with Crippen LogP contribution in [-0.2, 0) is 9.59 Å².